The fraction of sp³-hybridized carbons (Fsp3) is 0.0286. The summed E-state index contributed by atoms with van der Waals surface area (Å²) in [5.74, 6) is 1.73. The number of hydrogen-bond acceptors (Lipinski definition) is 3. The van der Waals surface area contributed by atoms with Crippen molar-refractivity contribution in [1.82, 2.24) is 9.97 Å². The van der Waals surface area contributed by atoms with Gasteiger partial charge in [0, 0.05) is 28.1 Å². The topological polar surface area (TPSA) is 38.9 Å². The van der Waals surface area contributed by atoms with Gasteiger partial charge in [0.15, 0.2) is 5.82 Å². The minimum Gasteiger partial charge on any atom is -0.459 e. The van der Waals surface area contributed by atoms with Crippen molar-refractivity contribution in [3.8, 4) is 33.6 Å². The van der Waals surface area contributed by atoms with Crippen molar-refractivity contribution < 1.29 is 4.42 Å². The molecule has 3 heteroatoms. The van der Waals surface area contributed by atoms with Crippen molar-refractivity contribution in [2.24, 2.45) is 0 Å². The summed E-state index contributed by atoms with van der Waals surface area (Å²) in [5, 5.41) is 2.20. The Balaban J connectivity index is 1.40. The second kappa shape index (κ2) is 7.05. The van der Waals surface area contributed by atoms with Crippen LogP contribution in [0.3, 0.4) is 0 Å². The van der Waals surface area contributed by atoms with Crippen LogP contribution in [0.4, 0.5) is 0 Å². The summed E-state index contributed by atoms with van der Waals surface area (Å²) in [6, 6.07) is 40.7. The minimum atomic E-state index is -0.538. The lowest BCUT2D eigenvalue weighted by atomic mass is 9.73. The van der Waals surface area contributed by atoms with Crippen molar-refractivity contribution in [2.45, 2.75) is 5.41 Å². The van der Waals surface area contributed by atoms with Gasteiger partial charge in [-0.1, -0.05) is 97.1 Å². The number of nitrogens with zero attached hydrogens (tertiary/aromatic N) is 2. The maximum atomic E-state index is 6.82. The summed E-state index contributed by atoms with van der Waals surface area (Å²) in [7, 11) is 0. The van der Waals surface area contributed by atoms with Crippen LogP contribution in [-0.4, -0.2) is 9.97 Å². The lowest BCUT2D eigenvalue weighted by Gasteiger charge is -2.28. The van der Waals surface area contributed by atoms with Gasteiger partial charge in [-0.3, -0.25) is 0 Å². The van der Waals surface area contributed by atoms with Gasteiger partial charge in [-0.2, -0.15) is 0 Å². The van der Waals surface area contributed by atoms with Gasteiger partial charge in [0.2, 0.25) is 0 Å². The second-order valence-corrected chi connectivity index (χ2v) is 10.2. The highest BCUT2D eigenvalue weighted by atomic mass is 16.3. The number of fused-ring (bicyclic) bond motifs is 13. The molecule has 7 aromatic rings. The smallest absolute Gasteiger partial charge is 0.159 e. The van der Waals surface area contributed by atoms with Crippen LogP contribution < -0.4 is 0 Å². The van der Waals surface area contributed by atoms with E-state index in [2.05, 4.69) is 84.9 Å². The first kappa shape index (κ1) is 20.1. The predicted molar refractivity (Wildman–Crippen MR) is 151 cm³/mol. The Hall–Kier alpha value is -5.02. The van der Waals surface area contributed by atoms with Gasteiger partial charge in [-0.05, 0) is 51.6 Å². The highest BCUT2D eigenvalue weighted by Gasteiger charge is 2.55. The Bertz CT molecular complexity index is 2100. The average Bonchev–Trinajstić information content (AvgIpc) is 3.60. The Labute approximate surface area is 219 Å². The standard InChI is InChI=1S/C35H20N2O/c1-7-15-30-22(9-1)20-36-34(37-30)21-17-18-24-23-10-2-5-13-27(23)35(29(24)19-21)28-14-6-3-11-25(28)32-26-12-4-8-16-31(26)38-33(32)35/h1-20H. The number of para-hydroxylation sites is 2. The molecule has 0 fully saturated rings. The van der Waals surface area contributed by atoms with Crippen LogP contribution in [0.15, 0.2) is 126 Å². The fourth-order valence-electron chi connectivity index (χ4n) is 6.79. The summed E-state index contributed by atoms with van der Waals surface area (Å²) in [6.07, 6.45) is 1.91. The highest BCUT2D eigenvalue weighted by Crippen LogP contribution is 2.64. The first-order valence-electron chi connectivity index (χ1n) is 12.9. The molecule has 1 atom stereocenters. The molecule has 1 unspecified atom stereocenters. The van der Waals surface area contributed by atoms with Gasteiger partial charge in [-0.25, -0.2) is 9.97 Å². The van der Waals surface area contributed by atoms with Crippen molar-refractivity contribution in [2.75, 3.05) is 0 Å². The van der Waals surface area contributed by atoms with Crippen molar-refractivity contribution in [3.05, 3.63) is 144 Å². The molecule has 2 heterocycles. The molecule has 0 aliphatic heterocycles. The fourth-order valence-corrected chi connectivity index (χ4v) is 6.79. The lowest BCUT2D eigenvalue weighted by molar-refractivity contribution is 0.507. The minimum absolute atomic E-state index is 0.538. The molecule has 1 spiro atoms. The number of hydrogen-bond donors (Lipinski definition) is 0. The van der Waals surface area contributed by atoms with Crippen LogP contribution in [0.2, 0.25) is 0 Å². The summed E-state index contributed by atoms with van der Waals surface area (Å²) in [5.41, 5.74) is 11.0. The van der Waals surface area contributed by atoms with Crippen LogP contribution in [-0.2, 0) is 5.41 Å². The van der Waals surface area contributed by atoms with Gasteiger partial charge in [-0.15, -0.1) is 0 Å². The van der Waals surface area contributed by atoms with Crippen molar-refractivity contribution >= 4 is 21.9 Å². The van der Waals surface area contributed by atoms with Crippen LogP contribution in [0, 0.1) is 0 Å². The van der Waals surface area contributed by atoms with E-state index in [1.807, 2.05) is 36.5 Å². The molecule has 0 amide bonds. The first-order valence-corrected chi connectivity index (χ1v) is 12.9. The summed E-state index contributed by atoms with van der Waals surface area (Å²) in [6.45, 7) is 0. The quantitative estimate of drug-likeness (QED) is 0.235. The average molecular weight is 485 g/mol. The number of rotatable bonds is 1. The molecule has 0 bridgehead atoms. The van der Waals surface area contributed by atoms with Crippen LogP contribution in [0.25, 0.3) is 55.5 Å². The molecular formula is C35H20N2O. The van der Waals surface area contributed by atoms with Gasteiger partial charge in [0.05, 0.1) is 5.52 Å². The van der Waals surface area contributed by atoms with E-state index < -0.39 is 5.41 Å². The molecule has 5 aromatic carbocycles. The molecular weight excluding hydrogens is 464 g/mol. The molecule has 2 aromatic heterocycles. The van der Waals surface area contributed by atoms with E-state index in [9.17, 15) is 0 Å². The molecule has 9 rings (SSSR count). The van der Waals surface area contributed by atoms with E-state index in [4.69, 9.17) is 14.4 Å². The normalized spacial score (nSPS) is 16.5. The summed E-state index contributed by atoms with van der Waals surface area (Å²) < 4.78 is 6.82. The first-order chi connectivity index (χ1) is 18.8. The van der Waals surface area contributed by atoms with Gasteiger partial charge < -0.3 is 4.42 Å². The largest absolute Gasteiger partial charge is 0.459 e. The van der Waals surface area contributed by atoms with Gasteiger partial charge in [0.1, 0.15) is 16.8 Å². The molecule has 0 saturated heterocycles. The highest BCUT2D eigenvalue weighted by molar-refractivity contribution is 6.04. The van der Waals surface area contributed by atoms with Crippen LogP contribution in [0.5, 0.6) is 0 Å². The maximum Gasteiger partial charge on any atom is 0.159 e. The molecule has 0 saturated carbocycles. The van der Waals surface area contributed by atoms with E-state index in [0.29, 0.717) is 0 Å². The SMILES string of the molecule is c1ccc2c(c1)-c1ccc(-c3ncc4ccccc4n3)cc1C21c2ccccc2-c2c1oc1ccccc21. The third-order valence-electron chi connectivity index (χ3n) is 8.33. The van der Waals surface area contributed by atoms with Gasteiger partial charge in [0.25, 0.3) is 0 Å². The Morgan fingerprint density at radius 2 is 1.32 bits per heavy atom. The third-order valence-corrected chi connectivity index (χ3v) is 8.33. The van der Waals surface area contributed by atoms with Crippen molar-refractivity contribution in [3.63, 3.8) is 0 Å². The maximum absolute atomic E-state index is 6.82. The monoisotopic (exact) mass is 484 g/mol. The molecule has 0 radical (unpaired) electrons. The molecule has 38 heavy (non-hydrogen) atoms. The molecule has 2 aliphatic carbocycles. The molecule has 3 nitrogen and oxygen atoms in total. The van der Waals surface area contributed by atoms with Gasteiger partial charge >= 0.3 is 0 Å². The summed E-state index contributed by atoms with van der Waals surface area (Å²) >= 11 is 0. The predicted octanol–water partition coefficient (Wildman–Crippen LogP) is 8.39. The zero-order chi connectivity index (χ0) is 24.8. The lowest BCUT2D eigenvalue weighted by Crippen LogP contribution is -2.25. The van der Waals surface area contributed by atoms with Crippen LogP contribution in [0.1, 0.15) is 22.5 Å². The van der Waals surface area contributed by atoms with Crippen LogP contribution >= 0.6 is 0 Å². The second-order valence-electron chi connectivity index (χ2n) is 10.2. The number of furan rings is 1. The third kappa shape index (κ3) is 2.34. The Morgan fingerprint density at radius 1 is 0.605 bits per heavy atom. The number of aromatic nitrogens is 2. The molecule has 176 valence electrons. The van der Waals surface area contributed by atoms with E-state index in [-0.39, 0.29) is 0 Å². The van der Waals surface area contributed by atoms with E-state index in [1.54, 1.807) is 0 Å². The summed E-state index contributed by atoms with van der Waals surface area (Å²) in [4.78, 5) is 9.68. The number of benzene rings is 5. The van der Waals surface area contributed by atoms with E-state index in [1.165, 1.54) is 38.9 Å². The zero-order valence-corrected chi connectivity index (χ0v) is 20.3. The van der Waals surface area contributed by atoms with Crippen molar-refractivity contribution in [1.29, 1.82) is 0 Å². The molecule has 2 aliphatic rings. The zero-order valence-electron chi connectivity index (χ0n) is 20.3. The Morgan fingerprint density at radius 3 is 2.24 bits per heavy atom. The Kier molecular flexibility index (Phi) is 3.73. The van der Waals surface area contributed by atoms with E-state index >= 15 is 0 Å². The molecule has 0 N–H and O–H groups in total. The van der Waals surface area contributed by atoms with E-state index in [0.717, 1.165) is 39.0 Å².